The zero-order valence-electron chi connectivity index (χ0n) is 9.57. The highest BCUT2D eigenvalue weighted by atomic mass is 16.5. The number of ether oxygens (including phenoxy) is 1. The van der Waals surface area contributed by atoms with E-state index in [0.717, 1.165) is 0 Å². The van der Waals surface area contributed by atoms with E-state index in [1.54, 1.807) is 25.1 Å². The number of aromatic nitrogens is 4. The Morgan fingerprint density at radius 3 is 3.06 bits per heavy atom. The smallest absolute Gasteiger partial charge is 0.341 e. The normalized spacial score (nSPS) is 9.78. The van der Waals surface area contributed by atoms with Crippen LogP contribution in [-0.4, -0.2) is 32.3 Å². The van der Waals surface area contributed by atoms with Crippen LogP contribution in [0.15, 0.2) is 24.7 Å². The molecule has 0 amide bonds. The van der Waals surface area contributed by atoms with Gasteiger partial charge in [0.1, 0.15) is 18.0 Å². The summed E-state index contributed by atoms with van der Waals surface area (Å²) >= 11 is 0. The van der Waals surface area contributed by atoms with Crippen molar-refractivity contribution in [1.82, 2.24) is 19.7 Å². The van der Waals surface area contributed by atoms with E-state index in [-0.39, 0.29) is 23.8 Å². The van der Waals surface area contributed by atoms with Crippen molar-refractivity contribution in [3.05, 3.63) is 36.0 Å². The highest BCUT2D eigenvalue weighted by molar-refractivity contribution is 5.92. The minimum absolute atomic E-state index is 0.00969. The lowest BCUT2D eigenvalue weighted by Gasteiger charge is -2.06. The molecule has 0 spiro atoms. The zero-order chi connectivity index (χ0) is 13.0. The Balaban J connectivity index is 2.45. The van der Waals surface area contributed by atoms with Crippen molar-refractivity contribution in [1.29, 1.82) is 5.26 Å². The molecule has 0 aliphatic rings. The number of hydrogen-bond donors (Lipinski definition) is 0. The third-order valence-electron chi connectivity index (χ3n) is 2.09. The molecule has 0 aliphatic heterocycles. The number of pyridine rings is 1. The van der Waals surface area contributed by atoms with Crippen LogP contribution in [0, 0.1) is 11.3 Å². The van der Waals surface area contributed by atoms with Crippen LogP contribution in [0.2, 0.25) is 0 Å². The van der Waals surface area contributed by atoms with E-state index in [9.17, 15) is 4.79 Å². The number of carbonyl (C=O) groups is 1. The lowest BCUT2D eigenvalue weighted by atomic mass is 10.2. The van der Waals surface area contributed by atoms with Crippen molar-refractivity contribution in [2.75, 3.05) is 6.61 Å². The Morgan fingerprint density at radius 1 is 1.56 bits per heavy atom. The van der Waals surface area contributed by atoms with Crippen LogP contribution in [0.4, 0.5) is 0 Å². The molecule has 0 N–H and O–H groups in total. The fourth-order valence-electron chi connectivity index (χ4n) is 1.36. The van der Waals surface area contributed by atoms with Gasteiger partial charge in [-0.2, -0.15) is 5.26 Å². The molecule has 0 saturated carbocycles. The molecule has 0 saturated heterocycles. The molecule has 7 heteroatoms. The van der Waals surface area contributed by atoms with E-state index in [0.29, 0.717) is 0 Å². The Kier molecular flexibility index (Phi) is 3.29. The molecule has 7 nitrogen and oxygen atoms in total. The van der Waals surface area contributed by atoms with Gasteiger partial charge in [0.15, 0.2) is 5.82 Å². The van der Waals surface area contributed by atoms with Gasteiger partial charge in [-0.05, 0) is 19.1 Å². The van der Waals surface area contributed by atoms with Gasteiger partial charge in [0.2, 0.25) is 0 Å². The largest absolute Gasteiger partial charge is 0.462 e. The minimum atomic E-state index is -0.491. The molecule has 0 aromatic carbocycles. The molecular formula is C11H9N5O2. The Bertz CT molecular complexity index is 614. The summed E-state index contributed by atoms with van der Waals surface area (Å²) in [5.41, 5.74) is 0.272. The van der Waals surface area contributed by atoms with Crippen LogP contribution in [0.25, 0.3) is 5.82 Å². The second-order valence-corrected chi connectivity index (χ2v) is 3.22. The summed E-state index contributed by atoms with van der Waals surface area (Å²) in [7, 11) is 0. The summed E-state index contributed by atoms with van der Waals surface area (Å²) in [6.45, 7) is 1.99. The van der Waals surface area contributed by atoms with E-state index in [4.69, 9.17) is 10.00 Å². The van der Waals surface area contributed by atoms with Crippen molar-refractivity contribution < 1.29 is 9.53 Å². The fourth-order valence-corrected chi connectivity index (χ4v) is 1.36. The number of carbonyl (C=O) groups excluding carboxylic acids is 1. The Morgan fingerprint density at radius 2 is 2.39 bits per heavy atom. The first-order valence-electron chi connectivity index (χ1n) is 5.20. The number of nitrogens with zero attached hydrogens (tertiary/aromatic N) is 5. The number of nitriles is 1. The average Bonchev–Trinajstić information content (AvgIpc) is 2.87. The minimum Gasteiger partial charge on any atom is -0.462 e. The van der Waals surface area contributed by atoms with Crippen molar-refractivity contribution in [2.24, 2.45) is 0 Å². The van der Waals surface area contributed by atoms with Gasteiger partial charge in [-0.15, -0.1) is 5.10 Å². The first-order valence-corrected chi connectivity index (χ1v) is 5.20. The Labute approximate surface area is 103 Å². The maximum atomic E-state index is 11.7. The molecule has 2 heterocycles. The highest BCUT2D eigenvalue weighted by Gasteiger charge is 2.15. The lowest BCUT2D eigenvalue weighted by molar-refractivity contribution is 0.0525. The molecule has 0 fully saturated rings. The van der Waals surface area contributed by atoms with Gasteiger partial charge in [-0.3, -0.25) is 0 Å². The molecule has 0 bridgehead atoms. The van der Waals surface area contributed by atoms with E-state index < -0.39 is 5.97 Å². The fraction of sp³-hybridized carbons (Fsp3) is 0.182. The first kappa shape index (κ1) is 11.7. The van der Waals surface area contributed by atoms with Gasteiger partial charge in [-0.1, -0.05) is 0 Å². The molecule has 0 unspecified atom stereocenters. The molecule has 0 aliphatic carbocycles. The van der Waals surface area contributed by atoms with E-state index in [2.05, 4.69) is 15.1 Å². The quantitative estimate of drug-likeness (QED) is 0.737. The summed E-state index contributed by atoms with van der Waals surface area (Å²) in [6, 6.07) is 5.00. The van der Waals surface area contributed by atoms with Gasteiger partial charge >= 0.3 is 5.97 Å². The van der Waals surface area contributed by atoms with Crippen LogP contribution in [0.3, 0.4) is 0 Å². The predicted molar refractivity (Wildman–Crippen MR) is 59.8 cm³/mol. The SMILES string of the molecule is CCOC(=O)c1cccnc1-n1cnc(C#N)n1. The van der Waals surface area contributed by atoms with Crippen LogP contribution >= 0.6 is 0 Å². The predicted octanol–water partition coefficient (Wildman–Crippen LogP) is 0.711. The first-order chi connectivity index (χ1) is 8.76. The number of rotatable bonds is 3. The summed E-state index contributed by atoms with van der Waals surface area (Å²) in [6.07, 6.45) is 2.84. The maximum absolute atomic E-state index is 11.7. The third-order valence-corrected chi connectivity index (χ3v) is 2.09. The van der Waals surface area contributed by atoms with Crippen molar-refractivity contribution in [2.45, 2.75) is 6.92 Å². The van der Waals surface area contributed by atoms with Crippen molar-refractivity contribution >= 4 is 5.97 Å². The summed E-state index contributed by atoms with van der Waals surface area (Å²) < 4.78 is 6.19. The van der Waals surface area contributed by atoms with Crippen LogP contribution in [-0.2, 0) is 4.74 Å². The van der Waals surface area contributed by atoms with E-state index >= 15 is 0 Å². The molecule has 2 aromatic rings. The van der Waals surface area contributed by atoms with E-state index in [1.165, 1.54) is 17.2 Å². The molecule has 0 atom stereocenters. The van der Waals surface area contributed by atoms with Crippen molar-refractivity contribution in [3.63, 3.8) is 0 Å². The van der Waals surface area contributed by atoms with Gasteiger partial charge in [0.25, 0.3) is 5.82 Å². The molecule has 2 rings (SSSR count). The molecule has 0 radical (unpaired) electrons. The highest BCUT2D eigenvalue weighted by Crippen LogP contribution is 2.11. The molecule has 18 heavy (non-hydrogen) atoms. The van der Waals surface area contributed by atoms with Crippen LogP contribution in [0.1, 0.15) is 23.1 Å². The second kappa shape index (κ2) is 5.05. The molecular weight excluding hydrogens is 234 g/mol. The van der Waals surface area contributed by atoms with Crippen LogP contribution < -0.4 is 0 Å². The van der Waals surface area contributed by atoms with Gasteiger partial charge in [-0.25, -0.2) is 19.4 Å². The monoisotopic (exact) mass is 243 g/mol. The summed E-state index contributed by atoms with van der Waals surface area (Å²) in [5, 5.41) is 12.5. The molecule has 2 aromatic heterocycles. The third kappa shape index (κ3) is 2.17. The Hall–Kier alpha value is -2.75. The topological polar surface area (TPSA) is 93.7 Å². The number of hydrogen-bond acceptors (Lipinski definition) is 6. The molecule has 90 valence electrons. The maximum Gasteiger partial charge on any atom is 0.341 e. The summed E-state index contributed by atoms with van der Waals surface area (Å²) in [4.78, 5) is 19.5. The van der Waals surface area contributed by atoms with Gasteiger partial charge < -0.3 is 4.74 Å². The van der Waals surface area contributed by atoms with Crippen LogP contribution in [0.5, 0.6) is 0 Å². The average molecular weight is 243 g/mol. The second-order valence-electron chi connectivity index (χ2n) is 3.22. The van der Waals surface area contributed by atoms with Gasteiger partial charge in [0.05, 0.1) is 6.61 Å². The van der Waals surface area contributed by atoms with Crippen molar-refractivity contribution in [3.8, 4) is 11.9 Å². The summed E-state index contributed by atoms with van der Waals surface area (Å²) in [5.74, 6) is -0.199. The number of esters is 1. The lowest BCUT2D eigenvalue weighted by Crippen LogP contribution is -2.11. The van der Waals surface area contributed by atoms with Gasteiger partial charge in [0, 0.05) is 6.20 Å². The zero-order valence-corrected chi connectivity index (χ0v) is 9.57. The van der Waals surface area contributed by atoms with E-state index in [1.807, 2.05) is 0 Å². The standard InChI is InChI=1S/C11H9N5O2/c1-2-18-11(17)8-4-3-5-13-10(8)16-7-14-9(6-12)15-16/h3-5,7H,2H2,1H3.